The van der Waals surface area contributed by atoms with Crippen molar-refractivity contribution in [2.24, 2.45) is 10.9 Å². The smallest absolute Gasteiger partial charge is 0.191 e. The van der Waals surface area contributed by atoms with Gasteiger partial charge >= 0.3 is 0 Å². The maximum Gasteiger partial charge on any atom is 0.191 e. The molecule has 0 aliphatic carbocycles. The zero-order valence-electron chi connectivity index (χ0n) is 16.9. The summed E-state index contributed by atoms with van der Waals surface area (Å²) in [7, 11) is 1.85. The second kappa shape index (κ2) is 10.6. The third kappa shape index (κ3) is 6.19. The number of hydrogen-bond donors (Lipinski definition) is 2. The van der Waals surface area contributed by atoms with Crippen molar-refractivity contribution in [3.05, 3.63) is 35.4 Å². The van der Waals surface area contributed by atoms with E-state index in [0.29, 0.717) is 0 Å². The molecule has 27 heavy (non-hydrogen) atoms. The van der Waals surface area contributed by atoms with Gasteiger partial charge in [0.15, 0.2) is 5.96 Å². The number of aliphatic imine (C=N–C) groups is 1. The average molecular weight is 374 g/mol. The molecule has 2 saturated heterocycles. The highest BCUT2D eigenvalue weighted by Gasteiger charge is 2.21. The van der Waals surface area contributed by atoms with Crippen LogP contribution in [0.15, 0.2) is 29.3 Å². The maximum absolute atomic E-state index is 5.46. The topological polar surface area (TPSA) is 52.1 Å². The lowest BCUT2D eigenvalue weighted by Gasteiger charge is -2.27. The number of morpholine rings is 1. The number of ether oxygens (including phenoxy) is 1. The minimum absolute atomic E-state index is 0.720. The number of hydrogen-bond acceptors (Lipinski definition) is 4. The van der Waals surface area contributed by atoms with Crippen LogP contribution in [0.1, 0.15) is 24.5 Å². The van der Waals surface area contributed by atoms with Crippen molar-refractivity contribution >= 4 is 5.96 Å². The van der Waals surface area contributed by atoms with Gasteiger partial charge in [-0.2, -0.15) is 0 Å². The Hall–Kier alpha value is -1.63. The van der Waals surface area contributed by atoms with E-state index < -0.39 is 0 Å². The third-order valence-corrected chi connectivity index (χ3v) is 5.66. The van der Waals surface area contributed by atoms with Crippen molar-refractivity contribution in [3.63, 3.8) is 0 Å². The molecule has 0 bridgehead atoms. The van der Waals surface area contributed by atoms with Gasteiger partial charge in [0.1, 0.15) is 0 Å². The molecule has 0 spiro atoms. The molecule has 150 valence electrons. The predicted octanol–water partition coefficient (Wildman–Crippen LogP) is 1.53. The van der Waals surface area contributed by atoms with Gasteiger partial charge in [-0.05, 0) is 36.6 Å². The van der Waals surface area contributed by atoms with E-state index in [0.717, 1.165) is 64.4 Å². The highest BCUT2D eigenvalue weighted by Crippen LogP contribution is 2.15. The molecule has 2 aliphatic rings. The van der Waals surface area contributed by atoms with Gasteiger partial charge in [-0.15, -0.1) is 0 Å². The Morgan fingerprint density at radius 3 is 2.59 bits per heavy atom. The van der Waals surface area contributed by atoms with Crippen LogP contribution in [0.25, 0.3) is 0 Å². The van der Waals surface area contributed by atoms with Crippen molar-refractivity contribution in [1.82, 2.24) is 20.4 Å². The van der Waals surface area contributed by atoms with Crippen LogP contribution < -0.4 is 10.6 Å². The van der Waals surface area contributed by atoms with Gasteiger partial charge in [0, 0.05) is 46.3 Å². The van der Waals surface area contributed by atoms with E-state index in [4.69, 9.17) is 4.74 Å². The number of nitrogens with zero attached hydrogens (tertiary/aromatic N) is 3. The summed E-state index contributed by atoms with van der Waals surface area (Å²) in [4.78, 5) is 9.39. The summed E-state index contributed by atoms with van der Waals surface area (Å²) in [5.41, 5.74) is 2.72. The minimum atomic E-state index is 0.720. The third-order valence-electron chi connectivity index (χ3n) is 5.66. The second-order valence-electron chi connectivity index (χ2n) is 7.51. The maximum atomic E-state index is 5.46. The molecule has 2 aliphatic heterocycles. The SMILES string of the molecule is CCN1CCC(CNC(=NC)NCc2ccccc2CN2CCOCC2)C1. The normalized spacial score (nSPS) is 22.1. The van der Waals surface area contributed by atoms with Gasteiger partial charge < -0.3 is 20.3 Å². The van der Waals surface area contributed by atoms with Crippen LogP contribution in [-0.2, 0) is 17.8 Å². The monoisotopic (exact) mass is 373 g/mol. The molecule has 1 unspecified atom stereocenters. The Morgan fingerprint density at radius 1 is 1.11 bits per heavy atom. The van der Waals surface area contributed by atoms with E-state index in [1.807, 2.05) is 7.05 Å². The van der Waals surface area contributed by atoms with Crippen molar-refractivity contribution in [2.45, 2.75) is 26.4 Å². The molecular formula is C21H35N5O. The molecular weight excluding hydrogens is 338 g/mol. The predicted molar refractivity (Wildman–Crippen MR) is 111 cm³/mol. The number of guanidine groups is 1. The largest absolute Gasteiger partial charge is 0.379 e. The van der Waals surface area contributed by atoms with Crippen molar-refractivity contribution in [1.29, 1.82) is 0 Å². The minimum Gasteiger partial charge on any atom is -0.379 e. The summed E-state index contributed by atoms with van der Waals surface area (Å²) < 4.78 is 5.46. The Labute approximate surface area is 164 Å². The second-order valence-corrected chi connectivity index (χ2v) is 7.51. The van der Waals surface area contributed by atoms with E-state index in [2.05, 4.69) is 56.6 Å². The highest BCUT2D eigenvalue weighted by molar-refractivity contribution is 5.79. The fourth-order valence-corrected chi connectivity index (χ4v) is 3.89. The summed E-state index contributed by atoms with van der Waals surface area (Å²) in [6, 6.07) is 8.70. The van der Waals surface area contributed by atoms with Gasteiger partial charge in [0.05, 0.1) is 13.2 Å². The lowest BCUT2D eigenvalue weighted by Crippen LogP contribution is -2.40. The summed E-state index contributed by atoms with van der Waals surface area (Å²) >= 11 is 0. The van der Waals surface area contributed by atoms with E-state index >= 15 is 0 Å². The molecule has 6 nitrogen and oxygen atoms in total. The standard InChI is InChI=1S/C21H35N5O/c1-3-25-9-8-18(16-25)14-23-21(22-2)24-15-19-6-4-5-7-20(19)17-26-10-12-27-13-11-26/h4-7,18H,3,8-17H2,1-2H3,(H2,22,23,24). The summed E-state index contributed by atoms with van der Waals surface area (Å²) in [5.74, 6) is 1.61. The zero-order chi connectivity index (χ0) is 18.9. The van der Waals surface area contributed by atoms with Crippen LogP contribution in [0.2, 0.25) is 0 Å². The average Bonchev–Trinajstić information content (AvgIpc) is 3.18. The Morgan fingerprint density at radius 2 is 1.89 bits per heavy atom. The van der Waals surface area contributed by atoms with E-state index in [1.165, 1.54) is 30.6 Å². The Bertz CT molecular complexity index is 600. The molecule has 3 rings (SSSR count). The molecule has 0 aromatic heterocycles. The lowest BCUT2D eigenvalue weighted by molar-refractivity contribution is 0.0341. The van der Waals surface area contributed by atoms with Gasteiger partial charge in [0.2, 0.25) is 0 Å². The van der Waals surface area contributed by atoms with Crippen LogP contribution in [0.4, 0.5) is 0 Å². The molecule has 0 amide bonds. The first-order valence-electron chi connectivity index (χ1n) is 10.3. The fourth-order valence-electron chi connectivity index (χ4n) is 3.89. The Balaban J connectivity index is 1.48. The molecule has 1 aromatic rings. The van der Waals surface area contributed by atoms with E-state index in [9.17, 15) is 0 Å². The van der Waals surface area contributed by atoms with Crippen LogP contribution in [0.5, 0.6) is 0 Å². The lowest BCUT2D eigenvalue weighted by atomic mass is 10.1. The number of rotatable bonds is 7. The molecule has 1 atom stereocenters. The highest BCUT2D eigenvalue weighted by atomic mass is 16.5. The van der Waals surface area contributed by atoms with Gasteiger partial charge in [0.25, 0.3) is 0 Å². The van der Waals surface area contributed by atoms with Crippen LogP contribution in [0, 0.1) is 5.92 Å². The van der Waals surface area contributed by atoms with E-state index in [-0.39, 0.29) is 0 Å². The van der Waals surface area contributed by atoms with Crippen molar-refractivity contribution in [2.75, 3.05) is 59.5 Å². The summed E-state index contributed by atoms with van der Waals surface area (Å²) in [6.07, 6.45) is 1.28. The van der Waals surface area contributed by atoms with Crippen LogP contribution in [-0.4, -0.2) is 75.3 Å². The zero-order valence-corrected chi connectivity index (χ0v) is 16.9. The number of nitrogens with one attached hydrogen (secondary N) is 2. The molecule has 2 heterocycles. The molecule has 6 heteroatoms. The van der Waals surface area contributed by atoms with Gasteiger partial charge in [-0.3, -0.25) is 9.89 Å². The fraction of sp³-hybridized carbons (Fsp3) is 0.667. The number of benzene rings is 1. The van der Waals surface area contributed by atoms with Crippen LogP contribution >= 0.6 is 0 Å². The molecule has 0 radical (unpaired) electrons. The first kappa shape index (κ1) is 20.1. The molecule has 1 aromatic carbocycles. The van der Waals surface area contributed by atoms with E-state index in [1.54, 1.807) is 0 Å². The summed E-state index contributed by atoms with van der Waals surface area (Å²) in [6.45, 7) is 12.3. The first-order valence-corrected chi connectivity index (χ1v) is 10.3. The quantitative estimate of drug-likeness (QED) is 0.561. The van der Waals surface area contributed by atoms with Crippen LogP contribution in [0.3, 0.4) is 0 Å². The molecule has 2 fully saturated rings. The van der Waals surface area contributed by atoms with Gasteiger partial charge in [-0.1, -0.05) is 31.2 Å². The Kier molecular flexibility index (Phi) is 7.93. The van der Waals surface area contributed by atoms with Crippen molar-refractivity contribution < 1.29 is 4.74 Å². The van der Waals surface area contributed by atoms with Gasteiger partial charge in [-0.25, -0.2) is 0 Å². The number of likely N-dealkylation sites (tertiary alicyclic amines) is 1. The first-order chi connectivity index (χ1) is 13.3. The van der Waals surface area contributed by atoms with Crippen molar-refractivity contribution in [3.8, 4) is 0 Å². The molecule has 2 N–H and O–H groups in total. The summed E-state index contributed by atoms with van der Waals surface area (Å²) in [5, 5.41) is 7.01. The molecule has 0 saturated carbocycles.